The molecule has 8 fully saturated rings. The second-order valence-electron chi connectivity index (χ2n) is 24.7. The Balaban J connectivity index is 1.23. The van der Waals surface area contributed by atoms with Crippen molar-refractivity contribution in [2.24, 2.45) is 0 Å². The van der Waals surface area contributed by atoms with Gasteiger partial charge in [-0.05, 0) is 13.8 Å². The first-order valence-electron chi connectivity index (χ1n) is 30.9. The van der Waals surface area contributed by atoms with Gasteiger partial charge in [-0.15, -0.1) is 6.58 Å². The maximum absolute atomic E-state index is 13.6. The van der Waals surface area contributed by atoms with E-state index in [4.69, 9.17) is 71.1 Å². The smallest absolute Gasteiger partial charge is 0.217 e. The van der Waals surface area contributed by atoms with Crippen molar-refractivity contribution in [2.75, 3.05) is 46.2 Å². The number of ether oxygens (including phenoxy) is 15. The summed E-state index contributed by atoms with van der Waals surface area (Å²) in [5.41, 5.74) is -3.61. The van der Waals surface area contributed by atoms with Crippen molar-refractivity contribution in [1.82, 2.24) is 10.6 Å². The van der Waals surface area contributed by atoms with Crippen LogP contribution in [0.2, 0.25) is 0 Å². The molecule has 0 bridgehead atoms. The van der Waals surface area contributed by atoms with E-state index >= 15 is 0 Å². The Bertz CT molecular complexity index is 2470. The highest BCUT2D eigenvalue weighted by molar-refractivity contribution is 5.73. The van der Waals surface area contributed by atoms with Gasteiger partial charge in [0, 0.05) is 13.8 Å². The Labute approximate surface area is 545 Å². The van der Waals surface area contributed by atoms with E-state index in [0.717, 1.165) is 13.8 Å². The van der Waals surface area contributed by atoms with Gasteiger partial charge in [0.25, 0.3) is 0 Å². The number of carbonyl (C=O) groups excluding carboxylic acids is 2. The molecule has 0 aromatic carbocycles. The van der Waals surface area contributed by atoms with E-state index < -0.39 is 296 Å². The molecule has 40 atom stereocenters. The molecule has 8 saturated heterocycles. The van der Waals surface area contributed by atoms with Crippen LogP contribution in [0.1, 0.15) is 27.7 Å². The third-order valence-corrected chi connectivity index (χ3v) is 18.2. The van der Waals surface area contributed by atoms with Crippen molar-refractivity contribution < 1.29 is 193 Å². The summed E-state index contributed by atoms with van der Waals surface area (Å²) in [5.74, 6) is -2.04. The van der Waals surface area contributed by atoms with Crippen molar-refractivity contribution in [2.45, 2.75) is 273 Å². The minimum absolute atomic E-state index is 0.277. The molecular weight excluding hydrogens is 1310 g/mol. The monoisotopic (exact) mass is 1400 g/mol. The summed E-state index contributed by atoms with van der Waals surface area (Å²) in [6.45, 7) is 0.792. The molecule has 41 nitrogen and oxygen atoms in total. The molecule has 0 radical (unpaired) electrons. The molecule has 8 rings (SSSR count). The molecule has 0 saturated carbocycles. The van der Waals surface area contributed by atoms with Gasteiger partial charge in [-0.2, -0.15) is 0 Å². The number of carbonyl (C=O) groups is 2. The van der Waals surface area contributed by atoms with Gasteiger partial charge in [0.1, 0.15) is 177 Å². The minimum atomic E-state index is -3.61. The summed E-state index contributed by atoms with van der Waals surface area (Å²) >= 11 is 0. The summed E-state index contributed by atoms with van der Waals surface area (Å²) in [4.78, 5) is 27.0. The molecular formula is C55H92N2O39. The van der Waals surface area contributed by atoms with Gasteiger partial charge in [-0.25, -0.2) is 0 Å². The summed E-state index contributed by atoms with van der Waals surface area (Å²) in [6, 6.07) is -4.17. The number of aliphatic hydroxyl groups excluding tert-OH is 21. The van der Waals surface area contributed by atoms with Crippen LogP contribution in [-0.4, -0.2) is 415 Å². The average molecular weight is 1410 g/mol. The zero-order chi connectivity index (χ0) is 70.8. The molecule has 0 aromatic heterocycles. The van der Waals surface area contributed by atoms with Gasteiger partial charge in [-0.1, -0.05) is 6.08 Å². The van der Waals surface area contributed by atoms with Crippen molar-refractivity contribution in [1.29, 1.82) is 0 Å². The van der Waals surface area contributed by atoms with Crippen molar-refractivity contribution >= 4 is 11.8 Å². The fourth-order valence-corrected chi connectivity index (χ4v) is 12.8. The van der Waals surface area contributed by atoms with E-state index in [1.165, 1.54) is 19.9 Å². The predicted octanol–water partition coefficient (Wildman–Crippen LogP) is -15.5. The topological polar surface area (TPSA) is 642 Å². The van der Waals surface area contributed by atoms with Crippen molar-refractivity contribution in [3.8, 4) is 0 Å². The molecule has 8 heterocycles. The van der Waals surface area contributed by atoms with E-state index in [0.29, 0.717) is 0 Å². The maximum Gasteiger partial charge on any atom is 0.217 e. The minimum Gasteiger partial charge on any atom is -0.394 e. The molecule has 556 valence electrons. The van der Waals surface area contributed by atoms with Crippen LogP contribution in [-0.2, 0) is 80.6 Å². The molecule has 8 aliphatic heterocycles. The SMILES string of the molecule is C=CCO[C@@H]1O[C@H](CO)[C@@H](O[C@@H]2O[C@H](CO[C@@H]3O[C@H](CO)[C@@H](O[C@@H]4O[C@H](CO)[C@H](O)[C@H](O)[C@H]4O)[C@H](O[C@@H]4O[C@@H](C)[C@@H](O)[C@@H](O)[C@@H]4O)[C@H]3NC(C)=O)[C@H](O)[C@@](O)([C@@H]3O[C@H](CO)[C@@H](O[C@@H]4O[C@@H](C)[C@@H](O)[C@@H](O)[C@@H]4O)[C@H](O[C@@H]4O[C@H](CO)[C@H](O)[C@H](O)[C@H]4O)[C@H]3NC(C)=O)[C@H]2O)[C@H](O)[C@H]1O. The number of hydrogen-bond acceptors (Lipinski definition) is 39. The quantitative estimate of drug-likeness (QED) is 0.0399. The molecule has 41 heteroatoms. The highest BCUT2D eigenvalue weighted by Gasteiger charge is 2.68. The summed E-state index contributed by atoms with van der Waals surface area (Å²) in [5, 5.41) is 251. The van der Waals surface area contributed by atoms with Gasteiger partial charge < -0.3 is 194 Å². The van der Waals surface area contributed by atoms with Crippen LogP contribution < -0.4 is 10.6 Å². The molecule has 0 spiro atoms. The van der Waals surface area contributed by atoms with Gasteiger partial charge in [-0.3, -0.25) is 9.59 Å². The van der Waals surface area contributed by atoms with Gasteiger partial charge in [0.2, 0.25) is 11.8 Å². The molecule has 0 unspecified atom stereocenters. The first-order chi connectivity index (χ1) is 45.3. The largest absolute Gasteiger partial charge is 0.394 e. The lowest BCUT2D eigenvalue weighted by molar-refractivity contribution is -0.404. The van der Waals surface area contributed by atoms with Gasteiger partial charge in [0.15, 0.2) is 49.6 Å². The zero-order valence-electron chi connectivity index (χ0n) is 52.0. The first-order valence-corrected chi connectivity index (χ1v) is 30.9. The second kappa shape index (κ2) is 33.5. The lowest BCUT2D eigenvalue weighted by Gasteiger charge is -2.57. The third-order valence-electron chi connectivity index (χ3n) is 18.2. The normalized spacial score (nSPS) is 51.1. The maximum atomic E-state index is 13.6. The van der Waals surface area contributed by atoms with Gasteiger partial charge in [0.05, 0.1) is 64.5 Å². The van der Waals surface area contributed by atoms with Crippen LogP contribution in [0.4, 0.5) is 0 Å². The third kappa shape index (κ3) is 16.2. The van der Waals surface area contributed by atoms with E-state index in [1.54, 1.807) is 0 Å². The number of rotatable bonds is 24. The van der Waals surface area contributed by atoms with Crippen LogP contribution in [0.15, 0.2) is 12.7 Å². The fraction of sp³-hybridized carbons (Fsp3) is 0.927. The van der Waals surface area contributed by atoms with Gasteiger partial charge >= 0.3 is 0 Å². The van der Waals surface area contributed by atoms with E-state index in [-0.39, 0.29) is 6.61 Å². The Morgan fingerprint density at radius 3 is 1.19 bits per heavy atom. The molecule has 8 aliphatic rings. The number of aliphatic hydroxyl groups is 22. The predicted molar refractivity (Wildman–Crippen MR) is 299 cm³/mol. The van der Waals surface area contributed by atoms with Crippen LogP contribution in [0.5, 0.6) is 0 Å². The zero-order valence-corrected chi connectivity index (χ0v) is 52.0. The highest BCUT2D eigenvalue weighted by atomic mass is 16.8. The number of hydrogen-bond donors (Lipinski definition) is 24. The Hall–Kier alpha value is -2.80. The molecule has 0 aliphatic carbocycles. The standard InChI is InChI=1S/C55H92N2O39/c1-6-7-82-49-39(78)34(73)40(20(10-60)90-49)92-54-46(80)55(81,47-24(56-16(4)63)43(95-53-38(77)33(72)29(68)19(9-59)88-53)41(21(11-61)86-47)93-50-35(74)30(69)26(65)14(2)84-50)45(79)23(91-54)13-83-48-25(57-17(5)64)44(96-51-36(75)31(70)27(66)15(3)85-51)42(22(12-62)89-48)94-52-37(76)32(71)28(67)18(8-58)87-52/h6,14-15,18-54,58-62,65-81H,1,7-13H2,2-5H3,(H,56,63)(H,57,64)/t14-,15-,18+,19+,20+,21+,22+,23+,24+,25+,26+,27+,28-,29-,30+,31+,32-,33-,34+,35-,36-,37+,38+,39+,40+,41+,42+,43+,44+,45-,46-,47+,48+,49+,50-,51-,52-,53-,54-,55-/m0/s1. The van der Waals surface area contributed by atoms with Crippen LogP contribution in [0, 0.1) is 0 Å². The first kappa shape index (κ1) is 78.9. The van der Waals surface area contributed by atoms with Crippen molar-refractivity contribution in [3.63, 3.8) is 0 Å². The highest BCUT2D eigenvalue weighted by Crippen LogP contribution is 2.44. The lowest BCUT2D eigenvalue weighted by atomic mass is 9.73. The van der Waals surface area contributed by atoms with E-state index in [2.05, 4.69) is 17.2 Å². The Kier molecular flexibility index (Phi) is 27.6. The van der Waals surface area contributed by atoms with Crippen LogP contribution >= 0.6 is 0 Å². The van der Waals surface area contributed by atoms with Crippen LogP contribution in [0.3, 0.4) is 0 Å². The average Bonchev–Trinajstić information content (AvgIpc) is 0.722. The second-order valence-corrected chi connectivity index (χ2v) is 24.7. The van der Waals surface area contributed by atoms with E-state index in [1.807, 2.05) is 0 Å². The fourth-order valence-electron chi connectivity index (χ4n) is 12.8. The van der Waals surface area contributed by atoms with Crippen LogP contribution in [0.25, 0.3) is 0 Å². The molecule has 0 aromatic rings. The Morgan fingerprint density at radius 2 is 0.740 bits per heavy atom. The van der Waals surface area contributed by atoms with E-state index in [9.17, 15) is 122 Å². The molecule has 2 amide bonds. The lowest BCUT2D eigenvalue weighted by Crippen LogP contribution is -2.80. The Morgan fingerprint density at radius 1 is 0.385 bits per heavy atom. The number of amides is 2. The summed E-state index contributed by atoms with van der Waals surface area (Å²) in [6.07, 6.45) is -74.7. The molecule has 96 heavy (non-hydrogen) atoms. The summed E-state index contributed by atoms with van der Waals surface area (Å²) < 4.78 is 89.4. The summed E-state index contributed by atoms with van der Waals surface area (Å²) in [7, 11) is 0. The number of nitrogens with one attached hydrogen (secondary N) is 2. The van der Waals surface area contributed by atoms with Crippen molar-refractivity contribution in [3.05, 3.63) is 12.7 Å². The molecule has 24 N–H and O–H groups in total.